The normalized spacial score (nSPS) is 28.5. The fraction of sp³-hybridized carbons (Fsp3) is 0.917. The van der Waals surface area contributed by atoms with Crippen LogP contribution in [-0.2, 0) is 4.79 Å². The summed E-state index contributed by atoms with van der Waals surface area (Å²) in [5.74, 6) is 0.242. The van der Waals surface area contributed by atoms with Gasteiger partial charge in [-0.1, -0.05) is 13.8 Å². The van der Waals surface area contributed by atoms with E-state index < -0.39 is 0 Å². The van der Waals surface area contributed by atoms with Crippen molar-refractivity contribution in [1.29, 1.82) is 0 Å². The van der Waals surface area contributed by atoms with Crippen LogP contribution in [0.1, 0.15) is 46.5 Å². The highest BCUT2D eigenvalue weighted by Crippen LogP contribution is 2.30. The third-order valence-electron chi connectivity index (χ3n) is 3.62. The molecule has 2 unspecified atom stereocenters. The number of carbonyl (C=O) groups is 1. The Labute approximate surface area is 93.0 Å². The van der Waals surface area contributed by atoms with Gasteiger partial charge in [0, 0.05) is 12.6 Å². The molecule has 15 heavy (non-hydrogen) atoms. The van der Waals surface area contributed by atoms with Crippen LogP contribution in [0.4, 0.5) is 0 Å². The number of hydrogen-bond donors (Lipinski definition) is 2. The molecule has 0 saturated carbocycles. The van der Waals surface area contributed by atoms with Gasteiger partial charge < -0.3 is 10.6 Å². The first-order valence-corrected chi connectivity index (χ1v) is 6.16. The molecule has 1 fully saturated rings. The quantitative estimate of drug-likeness (QED) is 0.744. The van der Waals surface area contributed by atoms with Gasteiger partial charge in [0.25, 0.3) is 0 Å². The summed E-state index contributed by atoms with van der Waals surface area (Å²) in [7, 11) is 0. The number of hydrogen-bond acceptors (Lipinski definition) is 2. The van der Waals surface area contributed by atoms with E-state index in [0.29, 0.717) is 6.04 Å². The van der Waals surface area contributed by atoms with Gasteiger partial charge in [0.1, 0.15) is 0 Å². The van der Waals surface area contributed by atoms with Crippen molar-refractivity contribution in [3.63, 3.8) is 0 Å². The summed E-state index contributed by atoms with van der Waals surface area (Å²) >= 11 is 0. The Bertz CT molecular complexity index is 210. The second-order valence-corrected chi connectivity index (χ2v) is 4.70. The van der Waals surface area contributed by atoms with Gasteiger partial charge in [-0.15, -0.1) is 0 Å². The Morgan fingerprint density at radius 1 is 1.53 bits per heavy atom. The van der Waals surface area contributed by atoms with Crippen LogP contribution < -0.4 is 10.6 Å². The zero-order valence-electron chi connectivity index (χ0n) is 10.2. The van der Waals surface area contributed by atoms with Crippen LogP contribution in [0, 0.1) is 5.41 Å². The number of nitrogens with one attached hydrogen (secondary N) is 2. The first-order valence-electron chi connectivity index (χ1n) is 6.16. The molecule has 1 aliphatic heterocycles. The lowest BCUT2D eigenvalue weighted by Gasteiger charge is -2.36. The van der Waals surface area contributed by atoms with Crippen molar-refractivity contribution in [1.82, 2.24) is 10.6 Å². The number of carbonyl (C=O) groups excluding carboxylic acids is 1. The summed E-state index contributed by atoms with van der Waals surface area (Å²) in [5.41, 5.74) is -0.151. The van der Waals surface area contributed by atoms with Gasteiger partial charge in [-0.2, -0.15) is 0 Å². The van der Waals surface area contributed by atoms with Crippen LogP contribution in [0.15, 0.2) is 0 Å². The molecule has 0 aromatic carbocycles. The summed E-state index contributed by atoms with van der Waals surface area (Å²) < 4.78 is 0. The highest BCUT2D eigenvalue weighted by molar-refractivity contribution is 5.83. The molecular weight excluding hydrogens is 188 g/mol. The highest BCUT2D eigenvalue weighted by atomic mass is 16.2. The monoisotopic (exact) mass is 212 g/mol. The Balaban J connectivity index is 2.59. The summed E-state index contributed by atoms with van der Waals surface area (Å²) in [4.78, 5) is 12.2. The Morgan fingerprint density at radius 3 is 2.73 bits per heavy atom. The Morgan fingerprint density at radius 2 is 2.27 bits per heavy atom. The molecule has 2 N–H and O–H groups in total. The molecule has 1 rings (SSSR count). The predicted octanol–water partition coefficient (Wildman–Crippen LogP) is 1.68. The molecule has 88 valence electrons. The standard InChI is InChI=1S/C12H24N2O/c1-4-10(3)14-11(15)12(5-2)7-6-8-13-9-12/h10,13H,4-9H2,1-3H3,(H,14,15). The average molecular weight is 212 g/mol. The van der Waals surface area contributed by atoms with E-state index in [9.17, 15) is 4.79 Å². The molecule has 1 aliphatic rings. The van der Waals surface area contributed by atoms with E-state index in [0.717, 1.165) is 38.8 Å². The molecule has 0 aliphatic carbocycles. The molecule has 1 saturated heterocycles. The molecule has 0 spiro atoms. The van der Waals surface area contributed by atoms with Crippen LogP contribution in [0.5, 0.6) is 0 Å². The number of amides is 1. The zero-order chi connectivity index (χ0) is 11.3. The van der Waals surface area contributed by atoms with Crippen molar-refractivity contribution < 1.29 is 4.79 Å². The minimum Gasteiger partial charge on any atom is -0.353 e. The van der Waals surface area contributed by atoms with Gasteiger partial charge in [-0.05, 0) is 39.2 Å². The van der Waals surface area contributed by atoms with Crippen molar-refractivity contribution in [2.75, 3.05) is 13.1 Å². The average Bonchev–Trinajstić information content (AvgIpc) is 2.29. The molecule has 3 nitrogen and oxygen atoms in total. The number of rotatable bonds is 4. The lowest BCUT2D eigenvalue weighted by atomic mass is 9.77. The third kappa shape index (κ3) is 2.94. The Hall–Kier alpha value is -0.570. The topological polar surface area (TPSA) is 41.1 Å². The molecule has 0 aromatic rings. The summed E-state index contributed by atoms with van der Waals surface area (Å²) in [5, 5.41) is 6.45. The minimum absolute atomic E-state index is 0.151. The molecule has 3 heteroatoms. The maximum absolute atomic E-state index is 12.2. The van der Waals surface area contributed by atoms with Crippen LogP contribution in [-0.4, -0.2) is 25.0 Å². The highest BCUT2D eigenvalue weighted by Gasteiger charge is 2.37. The molecular formula is C12H24N2O. The maximum atomic E-state index is 12.2. The van der Waals surface area contributed by atoms with E-state index in [4.69, 9.17) is 0 Å². The fourth-order valence-electron chi connectivity index (χ4n) is 2.10. The summed E-state index contributed by atoms with van der Waals surface area (Å²) in [6.07, 6.45) is 4.07. The van der Waals surface area contributed by atoms with E-state index in [-0.39, 0.29) is 11.3 Å². The minimum atomic E-state index is -0.151. The van der Waals surface area contributed by atoms with E-state index in [1.165, 1.54) is 0 Å². The van der Waals surface area contributed by atoms with Gasteiger partial charge >= 0.3 is 0 Å². The van der Waals surface area contributed by atoms with Gasteiger partial charge in [0.2, 0.25) is 5.91 Å². The second-order valence-electron chi connectivity index (χ2n) is 4.70. The SMILES string of the molecule is CCC(C)NC(=O)C1(CC)CCCNC1. The van der Waals surface area contributed by atoms with Gasteiger partial charge in [-0.25, -0.2) is 0 Å². The van der Waals surface area contributed by atoms with Crippen molar-refractivity contribution in [2.45, 2.75) is 52.5 Å². The largest absolute Gasteiger partial charge is 0.353 e. The van der Waals surface area contributed by atoms with E-state index >= 15 is 0 Å². The van der Waals surface area contributed by atoms with Crippen LogP contribution in [0.3, 0.4) is 0 Å². The van der Waals surface area contributed by atoms with Crippen molar-refractivity contribution in [3.05, 3.63) is 0 Å². The van der Waals surface area contributed by atoms with Gasteiger partial charge in [0.05, 0.1) is 5.41 Å². The van der Waals surface area contributed by atoms with Crippen LogP contribution in [0.2, 0.25) is 0 Å². The molecule has 0 aromatic heterocycles. The van der Waals surface area contributed by atoms with Crippen molar-refractivity contribution in [2.24, 2.45) is 5.41 Å². The van der Waals surface area contributed by atoms with E-state index in [2.05, 4.69) is 31.4 Å². The zero-order valence-corrected chi connectivity index (χ0v) is 10.2. The second kappa shape index (κ2) is 5.50. The number of piperidine rings is 1. The van der Waals surface area contributed by atoms with Crippen LogP contribution >= 0.6 is 0 Å². The first kappa shape index (κ1) is 12.5. The van der Waals surface area contributed by atoms with Crippen molar-refractivity contribution >= 4 is 5.91 Å². The van der Waals surface area contributed by atoms with Gasteiger partial charge in [-0.3, -0.25) is 4.79 Å². The fourth-order valence-corrected chi connectivity index (χ4v) is 2.10. The molecule has 2 atom stereocenters. The lowest BCUT2D eigenvalue weighted by Crippen LogP contribution is -2.51. The van der Waals surface area contributed by atoms with Crippen molar-refractivity contribution in [3.8, 4) is 0 Å². The third-order valence-corrected chi connectivity index (χ3v) is 3.62. The summed E-state index contributed by atoms with van der Waals surface area (Å²) in [6, 6.07) is 0.294. The molecule has 0 radical (unpaired) electrons. The van der Waals surface area contributed by atoms with E-state index in [1.54, 1.807) is 0 Å². The maximum Gasteiger partial charge on any atom is 0.227 e. The smallest absolute Gasteiger partial charge is 0.227 e. The van der Waals surface area contributed by atoms with E-state index in [1.807, 2.05) is 0 Å². The first-order chi connectivity index (χ1) is 7.14. The summed E-state index contributed by atoms with van der Waals surface area (Å²) in [6.45, 7) is 8.17. The molecule has 1 amide bonds. The Kier molecular flexibility index (Phi) is 4.58. The molecule has 0 bridgehead atoms. The van der Waals surface area contributed by atoms with Gasteiger partial charge in [0.15, 0.2) is 0 Å². The molecule has 1 heterocycles. The predicted molar refractivity (Wildman–Crippen MR) is 62.7 cm³/mol. The lowest BCUT2D eigenvalue weighted by molar-refractivity contribution is -0.133. The van der Waals surface area contributed by atoms with Crippen LogP contribution in [0.25, 0.3) is 0 Å².